The van der Waals surface area contributed by atoms with E-state index in [1.165, 1.54) is 51.4 Å². The number of unbranched alkanes of at least 4 members (excludes halogenated alkanes) is 16. The highest BCUT2D eigenvalue weighted by molar-refractivity contribution is 5.71. The Morgan fingerprint density at radius 2 is 0.684 bits per heavy atom. The minimum Gasteiger partial charge on any atom is -0.477 e. The van der Waals surface area contributed by atoms with Gasteiger partial charge in [0.05, 0.1) is 34.4 Å². The smallest absolute Gasteiger partial charge is 0.361 e. The number of carbonyl (C=O) groups is 3. The topological polar surface area (TPSA) is 108 Å². The molecule has 0 heterocycles. The van der Waals surface area contributed by atoms with Crippen LogP contribution in [0, 0.1) is 0 Å². The summed E-state index contributed by atoms with van der Waals surface area (Å²) in [5, 5.41) is 9.72. The van der Waals surface area contributed by atoms with Gasteiger partial charge in [-0.15, -0.1) is 0 Å². The number of carboxylic acids is 1. The van der Waals surface area contributed by atoms with E-state index in [2.05, 4.69) is 160 Å². The lowest BCUT2D eigenvalue weighted by atomic mass is 10.0. The van der Waals surface area contributed by atoms with Gasteiger partial charge in [-0.3, -0.25) is 9.59 Å². The Morgan fingerprint density at radius 3 is 1.01 bits per heavy atom. The number of allylic oxidation sites excluding steroid dienone is 24. The van der Waals surface area contributed by atoms with Crippen LogP contribution >= 0.6 is 0 Å². The van der Waals surface area contributed by atoms with Gasteiger partial charge in [0, 0.05) is 12.8 Å². The fourth-order valence-electron chi connectivity index (χ4n) is 7.90. The van der Waals surface area contributed by atoms with Gasteiger partial charge in [-0.2, -0.15) is 0 Å². The molecule has 0 aliphatic rings. The highest BCUT2D eigenvalue weighted by atomic mass is 16.7. The number of nitrogens with zero attached hydrogens (tertiary/aromatic N) is 1. The molecule has 0 fully saturated rings. The molecule has 0 aromatic rings. The van der Waals surface area contributed by atoms with E-state index >= 15 is 0 Å². The Bertz CT molecular complexity index is 1800. The van der Waals surface area contributed by atoms with E-state index in [4.69, 9.17) is 18.9 Å². The molecule has 1 N–H and O–H groups in total. The Kier molecular flexibility index (Phi) is 55.7. The minimum atomic E-state index is -1.53. The number of hydrogen-bond acceptors (Lipinski definition) is 7. The van der Waals surface area contributed by atoms with Crippen LogP contribution in [0.5, 0.6) is 0 Å². The van der Waals surface area contributed by atoms with Crippen molar-refractivity contribution in [1.29, 1.82) is 0 Å². The molecule has 0 rings (SSSR count). The number of carbonyl (C=O) groups excluding carboxylic acids is 2. The van der Waals surface area contributed by atoms with E-state index in [1.807, 2.05) is 21.1 Å². The summed E-state index contributed by atoms with van der Waals surface area (Å²) in [7, 11) is 5.95. The minimum absolute atomic E-state index is 0.175. The molecule has 0 radical (unpaired) electrons. The molecule has 0 aliphatic carbocycles. The fourth-order valence-corrected chi connectivity index (χ4v) is 7.90. The normalized spacial score (nSPS) is 13.8. The second kappa shape index (κ2) is 59.3. The average molecular weight is 1100 g/mol. The molecule has 0 aliphatic heterocycles. The van der Waals surface area contributed by atoms with Gasteiger partial charge in [0.1, 0.15) is 13.2 Å². The predicted octanol–water partition coefficient (Wildman–Crippen LogP) is 18.8. The molecule has 2 atom stereocenters. The highest BCUT2D eigenvalue weighted by Crippen LogP contribution is 2.15. The summed E-state index contributed by atoms with van der Waals surface area (Å²) in [6, 6.07) is 0. The molecule has 79 heavy (non-hydrogen) atoms. The Morgan fingerprint density at radius 1 is 0.380 bits per heavy atom. The van der Waals surface area contributed by atoms with E-state index in [1.54, 1.807) is 0 Å². The molecule has 0 saturated heterocycles. The van der Waals surface area contributed by atoms with Crippen LogP contribution in [0.4, 0.5) is 0 Å². The van der Waals surface area contributed by atoms with E-state index in [-0.39, 0.29) is 38.6 Å². The van der Waals surface area contributed by atoms with Crippen LogP contribution in [-0.4, -0.2) is 87.4 Å². The molecule has 2 unspecified atom stereocenters. The first-order valence-electron chi connectivity index (χ1n) is 31.0. The van der Waals surface area contributed by atoms with Crippen molar-refractivity contribution >= 4 is 17.9 Å². The van der Waals surface area contributed by atoms with Crippen LogP contribution in [0.1, 0.15) is 219 Å². The van der Waals surface area contributed by atoms with Crippen LogP contribution in [0.15, 0.2) is 146 Å². The van der Waals surface area contributed by atoms with Crippen LogP contribution in [0.2, 0.25) is 0 Å². The zero-order valence-corrected chi connectivity index (χ0v) is 50.7. The molecular formula is C70H114NO8+. The molecule has 0 aromatic heterocycles. The predicted molar refractivity (Wildman–Crippen MR) is 336 cm³/mol. The molecule has 0 aromatic carbocycles. The molecule has 0 saturated carbocycles. The first-order chi connectivity index (χ1) is 38.6. The van der Waals surface area contributed by atoms with Gasteiger partial charge in [-0.1, -0.05) is 237 Å². The van der Waals surface area contributed by atoms with Crippen molar-refractivity contribution < 1.29 is 42.9 Å². The molecule has 0 amide bonds. The molecular weight excluding hydrogens is 983 g/mol. The van der Waals surface area contributed by atoms with Crippen LogP contribution in [0.3, 0.4) is 0 Å². The molecule has 9 nitrogen and oxygen atoms in total. The van der Waals surface area contributed by atoms with E-state index in [9.17, 15) is 19.5 Å². The Labute approximate surface area is 483 Å². The number of likely N-dealkylation sites (N-methyl/N-ethyl adjacent to an activating group) is 1. The maximum Gasteiger partial charge on any atom is 0.361 e. The van der Waals surface area contributed by atoms with E-state index in [0.717, 1.165) is 135 Å². The highest BCUT2D eigenvalue weighted by Gasteiger charge is 2.25. The zero-order valence-electron chi connectivity index (χ0n) is 50.7. The van der Waals surface area contributed by atoms with Crippen molar-refractivity contribution in [3.8, 4) is 0 Å². The molecule has 0 spiro atoms. The maximum absolute atomic E-state index is 12.9. The zero-order chi connectivity index (χ0) is 57.6. The van der Waals surface area contributed by atoms with Crippen molar-refractivity contribution in [1.82, 2.24) is 0 Å². The van der Waals surface area contributed by atoms with Gasteiger partial charge < -0.3 is 28.5 Å². The van der Waals surface area contributed by atoms with Crippen molar-refractivity contribution in [3.63, 3.8) is 0 Å². The van der Waals surface area contributed by atoms with Gasteiger partial charge in [0.15, 0.2) is 6.10 Å². The van der Waals surface area contributed by atoms with Gasteiger partial charge >= 0.3 is 17.9 Å². The summed E-state index contributed by atoms with van der Waals surface area (Å²) < 4.78 is 22.9. The van der Waals surface area contributed by atoms with Gasteiger partial charge in [-0.05, 0) is 116 Å². The van der Waals surface area contributed by atoms with Crippen molar-refractivity contribution in [2.24, 2.45) is 0 Å². The maximum atomic E-state index is 12.9. The summed E-state index contributed by atoms with van der Waals surface area (Å²) in [5.74, 6) is -2.05. The van der Waals surface area contributed by atoms with E-state index < -0.39 is 24.3 Å². The van der Waals surface area contributed by atoms with Gasteiger partial charge in [0.2, 0.25) is 0 Å². The van der Waals surface area contributed by atoms with Gasteiger partial charge in [-0.25, -0.2) is 4.79 Å². The largest absolute Gasteiger partial charge is 0.477 e. The van der Waals surface area contributed by atoms with E-state index in [0.29, 0.717) is 17.4 Å². The fraction of sp³-hybridized carbons (Fsp3) is 0.614. The monoisotopic (exact) mass is 1100 g/mol. The summed E-state index contributed by atoms with van der Waals surface area (Å²) in [5.41, 5.74) is 0. The van der Waals surface area contributed by atoms with Crippen LogP contribution < -0.4 is 0 Å². The SMILES string of the molecule is CC/C=C\C/C=C\C/C=C\C/C=C\C/C=C\C/C=C\C/C=C\CCCCCCCC(=O)OC(COC(=O)CCCCCCCCCCCCC/C=C\C/C=C\C/C=C\C/C=C\C/C=C\CC)COC(OCC[N+](C)(C)C)C(=O)O. The number of quaternary nitrogens is 1. The second-order valence-electron chi connectivity index (χ2n) is 21.2. The Hall–Kier alpha value is -4.83. The number of rotatable bonds is 55. The third-order valence-corrected chi connectivity index (χ3v) is 12.6. The number of aliphatic carboxylic acids is 1. The number of carboxylic acid groups (broad SMARTS) is 1. The number of esters is 2. The molecule has 446 valence electrons. The summed E-state index contributed by atoms with van der Waals surface area (Å²) in [6.45, 7) is 4.61. The quantitative estimate of drug-likeness (QED) is 0.0211. The number of ether oxygens (including phenoxy) is 4. The van der Waals surface area contributed by atoms with Crippen molar-refractivity contribution in [3.05, 3.63) is 146 Å². The lowest BCUT2D eigenvalue weighted by Crippen LogP contribution is -2.40. The Balaban J connectivity index is 4.30. The van der Waals surface area contributed by atoms with Crippen LogP contribution in [0.25, 0.3) is 0 Å². The lowest BCUT2D eigenvalue weighted by Gasteiger charge is -2.25. The van der Waals surface area contributed by atoms with Crippen molar-refractivity contribution in [2.75, 3.05) is 47.5 Å². The third-order valence-electron chi connectivity index (χ3n) is 12.6. The summed E-state index contributed by atoms with van der Waals surface area (Å²) in [6.07, 6.45) is 83.5. The second-order valence-corrected chi connectivity index (χ2v) is 21.2. The third kappa shape index (κ3) is 60.7. The van der Waals surface area contributed by atoms with Crippen molar-refractivity contribution in [2.45, 2.75) is 232 Å². The molecule has 0 bridgehead atoms. The number of hydrogen-bond donors (Lipinski definition) is 1. The van der Waals surface area contributed by atoms with Crippen LogP contribution in [-0.2, 0) is 33.3 Å². The summed E-state index contributed by atoms with van der Waals surface area (Å²) >= 11 is 0. The lowest BCUT2D eigenvalue weighted by molar-refractivity contribution is -0.870. The first-order valence-corrected chi connectivity index (χ1v) is 31.0. The molecule has 9 heteroatoms. The van der Waals surface area contributed by atoms with Gasteiger partial charge in [0.25, 0.3) is 6.29 Å². The average Bonchev–Trinajstić information content (AvgIpc) is 3.42. The summed E-state index contributed by atoms with van der Waals surface area (Å²) in [4.78, 5) is 37.5. The standard InChI is InChI=1S/C70H113NO8/c1-6-8-10-12-14-16-18-20-22-24-26-28-30-32-34-36-38-40-42-44-46-48-50-52-54-56-58-60-67(72)77-64-66(65-78-70(69(74)75)76-63-62-71(3,4)5)79-68(73)61-59-57-55-53-51-49-47-45-43-41-39-37-35-33-31-29-27-25-23-21-19-17-15-13-11-9-7-2/h8-11,14-17,20-23,26-29,32-35,39,41,45,47,66,70H,6-7,12-13,18-19,24-25,30-31,36-38,40,42-44,46,48-65H2,1-5H3/p+1/b10-8-,11-9-,16-14-,17-15-,22-20-,23-21-,28-26-,29-27-,34-32-,35-33-,41-39-,47-45-. The first kappa shape index (κ1) is 74.2.